The molecular formula is C13H11N3O. The van der Waals surface area contributed by atoms with E-state index in [1.165, 1.54) is 0 Å². The van der Waals surface area contributed by atoms with E-state index in [2.05, 4.69) is 10.6 Å². The summed E-state index contributed by atoms with van der Waals surface area (Å²) in [5.74, 6) is 0. The van der Waals surface area contributed by atoms with Crippen LogP contribution in [0.2, 0.25) is 0 Å². The molecular weight excluding hydrogens is 214 g/mol. The maximum atomic E-state index is 11.4. The smallest absolute Gasteiger partial charge is 0.320 e. The van der Waals surface area contributed by atoms with Gasteiger partial charge >= 0.3 is 6.03 Å². The van der Waals surface area contributed by atoms with E-state index in [9.17, 15) is 4.79 Å². The first-order valence-corrected chi connectivity index (χ1v) is 5.21. The molecule has 2 amide bonds. The highest BCUT2D eigenvalue weighted by molar-refractivity contribution is 6.01. The van der Waals surface area contributed by atoms with Crippen LogP contribution in [0.25, 0.3) is 10.8 Å². The van der Waals surface area contributed by atoms with Crippen LogP contribution >= 0.6 is 0 Å². The number of fused-ring (bicyclic) bond motifs is 1. The summed E-state index contributed by atoms with van der Waals surface area (Å²) < 4.78 is 0. The van der Waals surface area contributed by atoms with Gasteiger partial charge in [-0.25, -0.2) is 4.79 Å². The standard InChI is InChI=1S/C13H11N3O/c14-8-9-15-13(17)16-12-7-3-5-10-4-1-2-6-11(10)12/h1-7H,9H2,(H2,15,16,17). The van der Waals surface area contributed by atoms with Crippen molar-refractivity contribution in [3.05, 3.63) is 42.5 Å². The van der Waals surface area contributed by atoms with Crippen molar-refractivity contribution in [1.82, 2.24) is 5.32 Å². The predicted octanol–water partition coefficient (Wildman–Crippen LogP) is 2.48. The van der Waals surface area contributed by atoms with Gasteiger partial charge in [-0.2, -0.15) is 5.26 Å². The molecule has 0 unspecified atom stereocenters. The number of amides is 2. The zero-order valence-electron chi connectivity index (χ0n) is 9.10. The maximum Gasteiger partial charge on any atom is 0.320 e. The Morgan fingerprint density at radius 1 is 1.18 bits per heavy atom. The van der Waals surface area contributed by atoms with Gasteiger partial charge < -0.3 is 10.6 Å². The van der Waals surface area contributed by atoms with E-state index in [0.29, 0.717) is 0 Å². The van der Waals surface area contributed by atoms with Crippen LogP contribution in [0.1, 0.15) is 0 Å². The molecule has 0 atom stereocenters. The molecule has 84 valence electrons. The van der Waals surface area contributed by atoms with E-state index in [-0.39, 0.29) is 12.6 Å². The maximum absolute atomic E-state index is 11.4. The zero-order chi connectivity index (χ0) is 12.1. The Hall–Kier alpha value is -2.54. The Bertz CT molecular complexity index is 581. The summed E-state index contributed by atoms with van der Waals surface area (Å²) >= 11 is 0. The van der Waals surface area contributed by atoms with Crippen LogP contribution in [0.3, 0.4) is 0 Å². The van der Waals surface area contributed by atoms with Crippen LogP contribution < -0.4 is 10.6 Å². The molecule has 2 rings (SSSR count). The van der Waals surface area contributed by atoms with Gasteiger partial charge in [0.2, 0.25) is 0 Å². The van der Waals surface area contributed by atoms with E-state index >= 15 is 0 Å². The molecule has 0 bridgehead atoms. The third-order valence-corrected chi connectivity index (χ3v) is 2.37. The number of hydrogen-bond acceptors (Lipinski definition) is 2. The number of carbonyl (C=O) groups excluding carboxylic acids is 1. The van der Waals surface area contributed by atoms with Gasteiger partial charge in [0.05, 0.1) is 11.8 Å². The second-order valence-electron chi connectivity index (χ2n) is 3.49. The van der Waals surface area contributed by atoms with Crippen LogP contribution in [0.15, 0.2) is 42.5 Å². The van der Waals surface area contributed by atoms with Gasteiger partial charge in [0.1, 0.15) is 6.54 Å². The second-order valence-corrected chi connectivity index (χ2v) is 3.49. The first kappa shape index (κ1) is 11.0. The van der Waals surface area contributed by atoms with E-state index in [1.54, 1.807) is 0 Å². The van der Waals surface area contributed by atoms with Crippen molar-refractivity contribution in [2.45, 2.75) is 0 Å². The molecule has 0 aromatic heterocycles. The largest absolute Gasteiger partial charge is 0.325 e. The number of benzene rings is 2. The number of nitrogens with one attached hydrogen (secondary N) is 2. The number of rotatable bonds is 2. The summed E-state index contributed by atoms with van der Waals surface area (Å²) in [6, 6.07) is 14.9. The lowest BCUT2D eigenvalue weighted by atomic mass is 10.1. The number of anilines is 1. The number of hydrogen-bond donors (Lipinski definition) is 2. The second kappa shape index (κ2) is 4.99. The van der Waals surface area contributed by atoms with Gasteiger partial charge in [0.25, 0.3) is 0 Å². The lowest BCUT2D eigenvalue weighted by Gasteiger charge is -2.08. The molecule has 0 spiro atoms. The minimum absolute atomic E-state index is 0.00337. The molecule has 2 N–H and O–H groups in total. The highest BCUT2D eigenvalue weighted by atomic mass is 16.2. The first-order chi connectivity index (χ1) is 8.31. The molecule has 17 heavy (non-hydrogen) atoms. The van der Waals surface area contributed by atoms with Gasteiger partial charge in [-0.1, -0.05) is 36.4 Å². The lowest BCUT2D eigenvalue weighted by molar-refractivity contribution is 0.253. The topological polar surface area (TPSA) is 64.9 Å². The normalized spacial score (nSPS) is 9.59. The average Bonchev–Trinajstić information content (AvgIpc) is 2.37. The molecule has 4 heteroatoms. The van der Waals surface area contributed by atoms with Crippen LogP contribution in [-0.2, 0) is 0 Å². The van der Waals surface area contributed by atoms with Crippen molar-refractivity contribution < 1.29 is 4.79 Å². The Morgan fingerprint density at radius 3 is 2.76 bits per heavy atom. The van der Waals surface area contributed by atoms with Crippen LogP contribution in [0, 0.1) is 11.3 Å². The SMILES string of the molecule is N#CCNC(=O)Nc1cccc2ccccc12. The summed E-state index contributed by atoms with van der Waals surface area (Å²) in [5, 5.41) is 15.5. The zero-order valence-corrected chi connectivity index (χ0v) is 9.10. The fraction of sp³-hybridized carbons (Fsp3) is 0.0769. The fourth-order valence-electron chi connectivity index (χ4n) is 1.62. The number of nitriles is 1. The summed E-state index contributed by atoms with van der Waals surface area (Å²) in [4.78, 5) is 11.4. The van der Waals surface area contributed by atoms with Crippen LogP contribution in [0.4, 0.5) is 10.5 Å². The molecule has 2 aromatic carbocycles. The molecule has 0 aliphatic carbocycles. The highest BCUT2D eigenvalue weighted by Gasteiger charge is 2.03. The quantitative estimate of drug-likeness (QED) is 0.771. The Balaban J connectivity index is 2.24. The van der Waals surface area contributed by atoms with Crippen molar-refractivity contribution in [1.29, 1.82) is 5.26 Å². The minimum atomic E-state index is -0.372. The Morgan fingerprint density at radius 2 is 1.94 bits per heavy atom. The Labute approximate surface area is 98.9 Å². The molecule has 0 saturated carbocycles. The fourth-order valence-corrected chi connectivity index (χ4v) is 1.62. The highest BCUT2D eigenvalue weighted by Crippen LogP contribution is 2.22. The summed E-state index contributed by atoms with van der Waals surface area (Å²) in [5.41, 5.74) is 0.735. The molecule has 0 aliphatic heterocycles. The summed E-state index contributed by atoms with van der Waals surface area (Å²) in [7, 11) is 0. The molecule has 0 saturated heterocycles. The molecule has 0 fully saturated rings. The molecule has 0 aliphatic rings. The van der Waals surface area contributed by atoms with Gasteiger partial charge in [-0.15, -0.1) is 0 Å². The monoisotopic (exact) mass is 225 g/mol. The molecule has 0 radical (unpaired) electrons. The Kier molecular flexibility index (Phi) is 3.22. The van der Waals surface area contributed by atoms with Crippen molar-refractivity contribution in [3.63, 3.8) is 0 Å². The van der Waals surface area contributed by atoms with E-state index in [0.717, 1.165) is 16.5 Å². The van der Waals surface area contributed by atoms with Gasteiger partial charge in [0.15, 0.2) is 0 Å². The number of urea groups is 1. The molecule has 0 heterocycles. The van der Waals surface area contributed by atoms with E-state index < -0.39 is 0 Å². The lowest BCUT2D eigenvalue weighted by Crippen LogP contribution is -2.28. The van der Waals surface area contributed by atoms with Crippen LogP contribution in [0.5, 0.6) is 0 Å². The third-order valence-electron chi connectivity index (χ3n) is 2.37. The van der Waals surface area contributed by atoms with E-state index in [1.807, 2.05) is 48.5 Å². The average molecular weight is 225 g/mol. The number of carbonyl (C=O) groups is 1. The first-order valence-electron chi connectivity index (χ1n) is 5.21. The van der Waals surface area contributed by atoms with Crippen molar-refractivity contribution in [2.75, 3.05) is 11.9 Å². The van der Waals surface area contributed by atoms with Crippen LogP contribution in [-0.4, -0.2) is 12.6 Å². The van der Waals surface area contributed by atoms with Gasteiger partial charge in [-0.05, 0) is 11.5 Å². The van der Waals surface area contributed by atoms with Gasteiger partial charge in [-0.3, -0.25) is 0 Å². The van der Waals surface area contributed by atoms with Gasteiger partial charge in [0, 0.05) is 5.39 Å². The third kappa shape index (κ3) is 2.52. The predicted molar refractivity (Wildman–Crippen MR) is 66.6 cm³/mol. The minimum Gasteiger partial charge on any atom is -0.325 e. The molecule has 4 nitrogen and oxygen atoms in total. The molecule has 2 aromatic rings. The number of nitrogens with zero attached hydrogens (tertiary/aromatic N) is 1. The van der Waals surface area contributed by atoms with E-state index in [4.69, 9.17) is 5.26 Å². The van der Waals surface area contributed by atoms with Crippen molar-refractivity contribution >= 4 is 22.5 Å². The van der Waals surface area contributed by atoms with Crippen molar-refractivity contribution in [3.8, 4) is 6.07 Å². The summed E-state index contributed by atoms with van der Waals surface area (Å²) in [6.07, 6.45) is 0. The van der Waals surface area contributed by atoms with Crippen molar-refractivity contribution in [2.24, 2.45) is 0 Å². The summed E-state index contributed by atoms with van der Waals surface area (Å²) in [6.45, 7) is -0.00337.